The Morgan fingerprint density at radius 2 is 1.45 bits per heavy atom. The summed E-state index contributed by atoms with van der Waals surface area (Å²) in [6.07, 6.45) is 2.72. The summed E-state index contributed by atoms with van der Waals surface area (Å²) in [5.41, 5.74) is 2.63. The SMILES string of the molecule is CCC[CH2][Pd][PH]c1ccc(-c2ccccc2)cc1.Cl.Cl. The zero-order valence-electron chi connectivity index (χ0n) is 11.5. The van der Waals surface area contributed by atoms with Crippen LogP contribution in [0.3, 0.4) is 0 Å². The molecular weight excluding hydrogens is 400 g/mol. The van der Waals surface area contributed by atoms with Crippen LogP contribution in [-0.4, -0.2) is 0 Å². The van der Waals surface area contributed by atoms with Crippen molar-refractivity contribution < 1.29 is 17.5 Å². The Bertz CT molecular complexity index is 460. The molecular formula is C16H21Cl2PPd. The number of rotatable bonds is 6. The van der Waals surface area contributed by atoms with Crippen molar-refractivity contribution in [2.75, 3.05) is 0 Å². The summed E-state index contributed by atoms with van der Waals surface area (Å²) in [6, 6.07) is 19.7. The van der Waals surface area contributed by atoms with Gasteiger partial charge in [-0.2, -0.15) is 0 Å². The minimum atomic E-state index is 0. The Morgan fingerprint density at radius 3 is 2.05 bits per heavy atom. The number of unbranched alkanes of at least 4 members (excludes halogenated alkanes) is 1. The molecule has 2 aromatic rings. The van der Waals surface area contributed by atoms with E-state index in [-0.39, 0.29) is 24.8 Å². The van der Waals surface area contributed by atoms with Crippen LogP contribution in [0.4, 0.5) is 0 Å². The normalized spacial score (nSPS) is 10.2. The van der Waals surface area contributed by atoms with Crippen LogP contribution in [0.25, 0.3) is 11.1 Å². The third-order valence-corrected chi connectivity index (χ3v) is 7.36. The predicted octanol–water partition coefficient (Wildman–Crippen LogP) is 5.72. The van der Waals surface area contributed by atoms with Gasteiger partial charge in [0.15, 0.2) is 0 Å². The maximum absolute atomic E-state index is 2.30. The Morgan fingerprint density at radius 1 is 0.850 bits per heavy atom. The molecule has 0 amide bonds. The van der Waals surface area contributed by atoms with Crippen LogP contribution in [0.1, 0.15) is 19.8 Å². The molecule has 0 aliphatic heterocycles. The van der Waals surface area contributed by atoms with E-state index < -0.39 is 0 Å². The van der Waals surface area contributed by atoms with Crippen LogP contribution < -0.4 is 5.30 Å². The molecule has 0 fully saturated rings. The van der Waals surface area contributed by atoms with Gasteiger partial charge in [0.2, 0.25) is 0 Å². The van der Waals surface area contributed by atoms with Gasteiger partial charge in [-0.25, -0.2) is 0 Å². The Balaban J connectivity index is 0.00000180. The van der Waals surface area contributed by atoms with E-state index in [1.54, 1.807) is 0 Å². The Labute approximate surface area is 144 Å². The topological polar surface area (TPSA) is 0 Å². The maximum atomic E-state index is 2.30. The van der Waals surface area contributed by atoms with Gasteiger partial charge < -0.3 is 0 Å². The first-order valence-electron chi connectivity index (χ1n) is 6.32. The fourth-order valence-electron chi connectivity index (χ4n) is 1.62. The van der Waals surface area contributed by atoms with Gasteiger partial charge in [0.1, 0.15) is 0 Å². The second-order valence-corrected chi connectivity index (χ2v) is 8.70. The predicted molar refractivity (Wildman–Crippen MR) is 94.0 cm³/mol. The molecule has 0 bridgehead atoms. The van der Waals surface area contributed by atoms with Crippen LogP contribution in [0, 0.1) is 0 Å². The van der Waals surface area contributed by atoms with Gasteiger partial charge in [-0.1, -0.05) is 0 Å². The number of hydrogen-bond acceptors (Lipinski definition) is 0. The van der Waals surface area contributed by atoms with E-state index in [4.69, 9.17) is 0 Å². The van der Waals surface area contributed by atoms with Gasteiger partial charge in [-0.05, 0) is 0 Å². The first-order valence-corrected chi connectivity index (χ1v) is 10.6. The van der Waals surface area contributed by atoms with Gasteiger partial charge in [-0.15, -0.1) is 24.8 Å². The second-order valence-electron chi connectivity index (χ2n) is 4.15. The molecule has 2 aromatic carbocycles. The van der Waals surface area contributed by atoms with Gasteiger partial charge in [0.25, 0.3) is 0 Å². The largest absolute Gasteiger partial charge is 0.147 e. The van der Waals surface area contributed by atoms with Gasteiger partial charge in [0.05, 0.1) is 0 Å². The standard InChI is InChI=1S/C12H10P.C4H9.2ClH.Pd/c13-12-8-6-11(7-9-12)10-4-2-1-3-5-10;1-3-4-2;;;/h1-9,13H;1,3-4H2,2H3;2*1H;/q-1;;;;+1. The Hall–Kier alpha value is 0.112. The van der Waals surface area contributed by atoms with Gasteiger partial charge in [0, 0.05) is 0 Å². The molecule has 0 spiro atoms. The zero-order chi connectivity index (χ0) is 12.6. The quantitative estimate of drug-likeness (QED) is 0.318. The van der Waals surface area contributed by atoms with E-state index in [1.165, 1.54) is 34.2 Å². The van der Waals surface area contributed by atoms with Crippen LogP contribution in [0.2, 0.25) is 4.89 Å². The molecule has 0 saturated heterocycles. The summed E-state index contributed by atoms with van der Waals surface area (Å²) in [5.74, 6) is 0. The number of hydrogen-bond donors (Lipinski definition) is 0. The average molecular weight is 422 g/mol. The monoisotopic (exact) mass is 420 g/mol. The minimum absolute atomic E-state index is 0. The molecule has 0 aliphatic carbocycles. The molecule has 0 heterocycles. The number of halogens is 2. The Kier molecular flexibility index (Phi) is 11.8. The van der Waals surface area contributed by atoms with Crippen molar-refractivity contribution in [3.63, 3.8) is 0 Å². The fourth-order valence-corrected chi connectivity index (χ4v) is 5.90. The smallest absolute Gasteiger partial charge is 0.147 e. The van der Waals surface area contributed by atoms with Crippen LogP contribution >= 0.6 is 31.6 Å². The van der Waals surface area contributed by atoms with Gasteiger partial charge in [-0.3, -0.25) is 0 Å². The van der Waals surface area contributed by atoms with Crippen LogP contribution in [0.15, 0.2) is 54.6 Å². The third kappa shape index (κ3) is 6.71. The van der Waals surface area contributed by atoms with Crippen molar-refractivity contribution in [1.29, 1.82) is 0 Å². The van der Waals surface area contributed by atoms with Crippen molar-refractivity contribution in [1.82, 2.24) is 0 Å². The van der Waals surface area contributed by atoms with E-state index in [0.717, 1.165) is 24.3 Å². The fraction of sp³-hybridized carbons (Fsp3) is 0.250. The summed E-state index contributed by atoms with van der Waals surface area (Å²) in [4.78, 5) is 1.42. The van der Waals surface area contributed by atoms with E-state index in [2.05, 4.69) is 61.5 Å². The van der Waals surface area contributed by atoms with Crippen molar-refractivity contribution in [3.8, 4) is 11.1 Å². The van der Waals surface area contributed by atoms with E-state index in [0.29, 0.717) is 0 Å². The number of benzene rings is 2. The summed E-state index contributed by atoms with van der Waals surface area (Å²) in [7, 11) is 0. The molecule has 1 atom stereocenters. The molecule has 0 N–H and O–H groups in total. The molecule has 0 aliphatic rings. The van der Waals surface area contributed by atoms with Gasteiger partial charge >= 0.3 is 120 Å². The average Bonchev–Trinajstić information content (AvgIpc) is 2.45. The molecule has 0 saturated carbocycles. The molecule has 0 radical (unpaired) electrons. The summed E-state index contributed by atoms with van der Waals surface area (Å²) >= 11 is 0.917. The van der Waals surface area contributed by atoms with E-state index in [1.807, 2.05) is 0 Å². The van der Waals surface area contributed by atoms with Crippen molar-refractivity contribution in [2.24, 2.45) is 0 Å². The van der Waals surface area contributed by atoms with Crippen molar-refractivity contribution >= 4 is 36.9 Å². The summed E-state index contributed by atoms with van der Waals surface area (Å²) < 4.78 is 0. The second kappa shape index (κ2) is 11.7. The zero-order valence-corrected chi connectivity index (χ0v) is 15.6. The molecule has 0 nitrogen and oxygen atoms in total. The first kappa shape index (κ1) is 20.1. The van der Waals surface area contributed by atoms with E-state index >= 15 is 0 Å². The molecule has 0 aromatic heterocycles. The van der Waals surface area contributed by atoms with Crippen molar-refractivity contribution in [2.45, 2.75) is 24.7 Å². The molecule has 1 unspecified atom stereocenters. The minimum Gasteiger partial charge on any atom is -0.147 e. The maximum Gasteiger partial charge on any atom is -0.147 e. The summed E-state index contributed by atoms with van der Waals surface area (Å²) in [5, 5.41) is 1.51. The van der Waals surface area contributed by atoms with E-state index in [9.17, 15) is 0 Å². The molecule has 4 heteroatoms. The van der Waals surface area contributed by atoms with Crippen LogP contribution in [-0.2, 0) is 17.5 Å². The first-order chi connectivity index (χ1) is 8.90. The molecule has 2 rings (SSSR count). The molecule has 20 heavy (non-hydrogen) atoms. The molecule has 114 valence electrons. The van der Waals surface area contributed by atoms with Crippen molar-refractivity contribution in [3.05, 3.63) is 54.6 Å². The summed E-state index contributed by atoms with van der Waals surface area (Å²) in [6.45, 7) is 3.29. The van der Waals surface area contributed by atoms with Crippen LogP contribution in [0.5, 0.6) is 0 Å². The third-order valence-electron chi connectivity index (χ3n) is 2.68.